The zero-order valence-corrected chi connectivity index (χ0v) is 7.61. The zero-order valence-electron chi connectivity index (χ0n) is 7.61. The van der Waals surface area contributed by atoms with Gasteiger partial charge in [-0.25, -0.2) is 8.78 Å². The highest BCUT2D eigenvalue weighted by Gasteiger charge is 2.20. The molecular formula is C11H9F2N. The maximum Gasteiger partial charge on any atom is 0.176 e. The van der Waals surface area contributed by atoms with Crippen LogP contribution in [-0.4, -0.2) is 0 Å². The molecule has 0 saturated heterocycles. The van der Waals surface area contributed by atoms with Crippen molar-refractivity contribution in [2.75, 3.05) is 0 Å². The van der Waals surface area contributed by atoms with Crippen molar-refractivity contribution >= 4 is 0 Å². The van der Waals surface area contributed by atoms with Crippen LogP contribution in [0.15, 0.2) is 6.07 Å². The molecule has 0 radical (unpaired) electrons. The molecule has 0 unspecified atom stereocenters. The zero-order chi connectivity index (χ0) is 10.1. The molecule has 0 fully saturated rings. The third-order valence-corrected chi connectivity index (χ3v) is 2.65. The Labute approximate surface area is 81.0 Å². The van der Waals surface area contributed by atoms with E-state index in [1.807, 2.05) is 0 Å². The summed E-state index contributed by atoms with van der Waals surface area (Å²) in [6.07, 6.45) is 3.38. The average Bonchev–Trinajstić information content (AvgIpc) is 2.20. The first-order chi connectivity index (χ1) is 6.74. The monoisotopic (exact) mass is 193 g/mol. The Bertz CT molecular complexity index is 418. The number of benzene rings is 1. The number of aryl methyl sites for hydroxylation is 1. The maximum absolute atomic E-state index is 13.2. The molecule has 1 aliphatic rings. The molecule has 0 aliphatic heterocycles. The van der Waals surface area contributed by atoms with Crippen LogP contribution in [0.25, 0.3) is 0 Å². The molecule has 0 saturated carbocycles. The molecule has 14 heavy (non-hydrogen) atoms. The Morgan fingerprint density at radius 1 is 1.21 bits per heavy atom. The molecule has 0 spiro atoms. The third kappa shape index (κ3) is 1.27. The summed E-state index contributed by atoms with van der Waals surface area (Å²) in [6.45, 7) is 0. The van der Waals surface area contributed by atoms with Gasteiger partial charge < -0.3 is 0 Å². The Hall–Kier alpha value is -1.43. The minimum absolute atomic E-state index is 0.0975. The molecule has 1 aromatic carbocycles. The first-order valence-electron chi connectivity index (χ1n) is 4.64. The fraction of sp³-hybridized carbons (Fsp3) is 0.364. The van der Waals surface area contributed by atoms with Gasteiger partial charge in [0.15, 0.2) is 11.6 Å². The van der Waals surface area contributed by atoms with E-state index < -0.39 is 11.6 Å². The summed E-state index contributed by atoms with van der Waals surface area (Å²) < 4.78 is 26.2. The molecule has 0 aromatic heterocycles. The van der Waals surface area contributed by atoms with Crippen LogP contribution in [0.3, 0.4) is 0 Å². The number of hydrogen-bond donors (Lipinski definition) is 0. The van der Waals surface area contributed by atoms with E-state index in [-0.39, 0.29) is 5.56 Å². The van der Waals surface area contributed by atoms with E-state index in [1.165, 1.54) is 6.07 Å². The second kappa shape index (κ2) is 3.38. The van der Waals surface area contributed by atoms with Gasteiger partial charge in [0.05, 0.1) is 5.56 Å². The summed E-state index contributed by atoms with van der Waals surface area (Å²) in [5.41, 5.74) is 1.41. The molecule has 3 heteroatoms. The number of nitrogens with zero attached hydrogens (tertiary/aromatic N) is 1. The summed E-state index contributed by atoms with van der Waals surface area (Å²) in [5.74, 6) is -1.89. The van der Waals surface area contributed by atoms with Crippen LogP contribution in [0.5, 0.6) is 0 Å². The Kier molecular flexibility index (Phi) is 2.20. The van der Waals surface area contributed by atoms with E-state index in [4.69, 9.17) is 5.26 Å². The standard InChI is InChI=1S/C11H9F2N/c12-10-5-7-3-1-2-4-8(7)9(6-14)11(10)13/h5H,1-4H2. The van der Waals surface area contributed by atoms with Gasteiger partial charge in [-0.1, -0.05) is 0 Å². The third-order valence-electron chi connectivity index (χ3n) is 2.65. The topological polar surface area (TPSA) is 23.8 Å². The van der Waals surface area contributed by atoms with Gasteiger partial charge in [-0.15, -0.1) is 0 Å². The van der Waals surface area contributed by atoms with Gasteiger partial charge in [-0.3, -0.25) is 0 Å². The van der Waals surface area contributed by atoms with Gasteiger partial charge in [0.1, 0.15) is 6.07 Å². The molecule has 2 rings (SSSR count). The lowest BCUT2D eigenvalue weighted by molar-refractivity contribution is 0.499. The number of hydrogen-bond acceptors (Lipinski definition) is 1. The van der Waals surface area contributed by atoms with Crippen molar-refractivity contribution in [3.8, 4) is 6.07 Å². The first kappa shape index (κ1) is 9.14. The Balaban J connectivity index is 2.67. The number of halogens is 2. The van der Waals surface area contributed by atoms with Crippen LogP contribution >= 0.6 is 0 Å². The molecule has 0 amide bonds. The van der Waals surface area contributed by atoms with Gasteiger partial charge in [0.2, 0.25) is 0 Å². The van der Waals surface area contributed by atoms with Gasteiger partial charge in [-0.05, 0) is 42.9 Å². The minimum Gasteiger partial charge on any atom is -0.204 e. The quantitative estimate of drug-likeness (QED) is 0.621. The first-order valence-corrected chi connectivity index (χ1v) is 4.64. The summed E-state index contributed by atoms with van der Waals surface area (Å²) in [5, 5.41) is 8.74. The molecular weight excluding hydrogens is 184 g/mol. The maximum atomic E-state index is 13.2. The van der Waals surface area contributed by atoms with Crippen molar-refractivity contribution in [1.29, 1.82) is 5.26 Å². The van der Waals surface area contributed by atoms with Crippen molar-refractivity contribution in [2.45, 2.75) is 25.7 Å². The predicted molar refractivity (Wildman–Crippen MR) is 47.7 cm³/mol. The summed E-state index contributed by atoms with van der Waals surface area (Å²) >= 11 is 0. The number of nitriles is 1. The fourth-order valence-electron chi connectivity index (χ4n) is 1.96. The highest BCUT2D eigenvalue weighted by Crippen LogP contribution is 2.27. The van der Waals surface area contributed by atoms with Crippen LogP contribution in [-0.2, 0) is 12.8 Å². The van der Waals surface area contributed by atoms with E-state index in [2.05, 4.69) is 0 Å². The minimum atomic E-state index is -0.992. The smallest absolute Gasteiger partial charge is 0.176 e. The fourth-order valence-corrected chi connectivity index (χ4v) is 1.96. The number of fused-ring (bicyclic) bond motifs is 1. The van der Waals surface area contributed by atoms with Crippen molar-refractivity contribution in [3.63, 3.8) is 0 Å². The van der Waals surface area contributed by atoms with Crippen LogP contribution in [0.2, 0.25) is 0 Å². The molecule has 0 atom stereocenters. The molecule has 72 valence electrons. The lowest BCUT2D eigenvalue weighted by Gasteiger charge is -2.17. The average molecular weight is 193 g/mol. The van der Waals surface area contributed by atoms with Gasteiger partial charge >= 0.3 is 0 Å². The summed E-state index contributed by atoms with van der Waals surface area (Å²) in [4.78, 5) is 0. The highest BCUT2D eigenvalue weighted by molar-refractivity contribution is 5.45. The van der Waals surface area contributed by atoms with E-state index in [0.29, 0.717) is 12.0 Å². The van der Waals surface area contributed by atoms with Gasteiger partial charge in [0.25, 0.3) is 0 Å². The molecule has 1 aliphatic carbocycles. The van der Waals surface area contributed by atoms with E-state index in [0.717, 1.165) is 24.8 Å². The molecule has 1 aromatic rings. The summed E-state index contributed by atoms with van der Waals surface area (Å²) in [6, 6.07) is 2.98. The molecule has 0 heterocycles. The van der Waals surface area contributed by atoms with Crippen molar-refractivity contribution in [3.05, 3.63) is 34.4 Å². The van der Waals surface area contributed by atoms with E-state index in [9.17, 15) is 8.78 Å². The Morgan fingerprint density at radius 3 is 2.64 bits per heavy atom. The van der Waals surface area contributed by atoms with Crippen LogP contribution in [0.4, 0.5) is 8.78 Å². The van der Waals surface area contributed by atoms with Crippen molar-refractivity contribution in [2.24, 2.45) is 0 Å². The summed E-state index contributed by atoms with van der Waals surface area (Å²) in [7, 11) is 0. The molecule has 0 bridgehead atoms. The van der Waals surface area contributed by atoms with E-state index in [1.54, 1.807) is 6.07 Å². The lowest BCUT2D eigenvalue weighted by Crippen LogP contribution is -2.08. The van der Waals surface area contributed by atoms with Gasteiger partial charge in [0, 0.05) is 0 Å². The van der Waals surface area contributed by atoms with Crippen LogP contribution in [0, 0.1) is 23.0 Å². The van der Waals surface area contributed by atoms with Crippen LogP contribution in [0.1, 0.15) is 29.5 Å². The van der Waals surface area contributed by atoms with Crippen LogP contribution < -0.4 is 0 Å². The predicted octanol–water partition coefficient (Wildman–Crippen LogP) is 2.72. The molecule has 1 nitrogen and oxygen atoms in total. The Morgan fingerprint density at radius 2 is 1.93 bits per heavy atom. The normalized spacial score (nSPS) is 14.6. The highest BCUT2D eigenvalue weighted by atomic mass is 19.2. The molecule has 0 N–H and O–H groups in total. The van der Waals surface area contributed by atoms with E-state index >= 15 is 0 Å². The van der Waals surface area contributed by atoms with Gasteiger partial charge in [-0.2, -0.15) is 5.26 Å². The number of rotatable bonds is 0. The van der Waals surface area contributed by atoms with Crippen molar-refractivity contribution < 1.29 is 8.78 Å². The lowest BCUT2D eigenvalue weighted by atomic mass is 9.88. The second-order valence-electron chi connectivity index (χ2n) is 3.50. The van der Waals surface area contributed by atoms with Crippen molar-refractivity contribution in [1.82, 2.24) is 0 Å². The second-order valence-corrected chi connectivity index (χ2v) is 3.50. The largest absolute Gasteiger partial charge is 0.204 e. The SMILES string of the molecule is N#Cc1c(F)c(F)cc2c1CCCC2.